The Kier molecular flexibility index (Phi) is 4.86. The minimum Gasteiger partial charge on any atom is -0.336 e. The van der Waals surface area contributed by atoms with E-state index in [2.05, 4.69) is 38.1 Å². The summed E-state index contributed by atoms with van der Waals surface area (Å²) in [6, 6.07) is 8.44. The van der Waals surface area contributed by atoms with Gasteiger partial charge in [0.25, 0.3) is 0 Å². The second-order valence-corrected chi connectivity index (χ2v) is 6.70. The number of thioether (sulfide) groups is 1. The Morgan fingerprint density at radius 1 is 1.40 bits per heavy atom. The average Bonchev–Trinajstić information content (AvgIpc) is 2.78. The smallest absolute Gasteiger partial charge is 0.223 e. The first kappa shape index (κ1) is 15.1. The maximum atomic E-state index is 12.1. The van der Waals surface area contributed by atoms with Gasteiger partial charge < -0.3 is 4.90 Å². The van der Waals surface area contributed by atoms with Crippen molar-refractivity contribution in [3.05, 3.63) is 35.4 Å². The third-order valence-electron chi connectivity index (χ3n) is 3.79. The van der Waals surface area contributed by atoms with Crippen LogP contribution in [0.4, 0.5) is 0 Å². The maximum Gasteiger partial charge on any atom is 0.223 e. The highest BCUT2D eigenvalue weighted by Crippen LogP contribution is 2.30. The van der Waals surface area contributed by atoms with E-state index < -0.39 is 0 Å². The fourth-order valence-corrected chi connectivity index (χ4v) is 3.25. The van der Waals surface area contributed by atoms with E-state index in [4.69, 9.17) is 0 Å². The summed E-state index contributed by atoms with van der Waals surface area (Å²) in [5.41, 5.74) is 2.40. The predicted molar refractivity (Wildman–Crippen MR) is 82.6 cm³/mol. The van der Waals surface area contributed by atoms with Crippen molar-refractivity contribution in [2.75, 3.05) is 12.3 Å². The van der Waals surface area contributed by atoms with Gasteiger partial charge in [-0.1, -0.05) is 41.6 Å². The maximum absolute atomic E-state index is 12.1. The van der Waals surface area contributed by atoms with Crippen molar-refractivity contribution in [1.29, 1.82) is 0 Å². The zero-order valence-corrected chi connectivity index (χ0v) is 13.1. The first-order valence-electron chi connectivity index (χ1n) is 6.96. The quantitative estimate of drug-likeness (QED) is 0.855. The molecule has 0 aromatic heterocycles. The van der Waals surface area contributed by atoms with Crippen LogP contribution in [0.2, 0.25) is 0 Å². The number of hydrogen-bond acceptors (Lipinski definition) is 3. The van der Waals surface area contributed by atoms with Crippen LogP contribution >= 0.6 is 11.8 Å². The molecule has 1 aromatic carbocycles. The van der Waals surface area contributed by atoms with Crippen LogP contribution in [0, 0.1) is 12.8 Å². The van der Waals surface area contributed by atoms with Crippen LogP contribution < -0.4 is 0 Å². The lowest BCUT2D eigenvalue weighted by atomic mass is 10.1. The second-order valence-electron chi connectivity index (χ2n) is 5.51. The molecule has 1 amide bonds. The van der Waals surface area contributed by atoms with Crippen LogP contribution in [-0.2, 0) is 9.59 Å². The highest BCUT2D eigenvalue weighted by Gasteiger charge is 2.33. The van der Waals surface area contributed by atoms with Crippen molar-refractivity contribution >= 4 is 22.8 Å². The molecule has 20 heavy (non-hydrogen) atoms. The van der Waals surface area contributed by atoms with Gasteiger partial charge in [-0.25, -0.2) is 0 Å². The SMILES string of the molecule is CC(=O)SCC1CC(=O)N(C(C)c2ccc(C)cc2)C1. The molecule has 0 bridgehead atoms. The normalized spacial score (nSPS) is 20.2. The van der Waals surface area contributed by atoms with Gasteiger partial charge in [-0.05, 0) is 25.3 Å². The lowest BCUT2D eigenvalue weighted by molar-refractivity contribution is -0.129. The molecule has 0 saturated carbocycles. The van der Waals surface area contributed by atoms with Gasteiger partial charge in [0.15, 0.2) is 5.12 Å². The Morgan fingerprint density at radius 2 is 2.05 bits per heavy atom. The summed E-state index contributed by atoms with van der Waals surface area (Å²) < 4.78 is 0. The molecule has 0 spiro atoms. The lowest BCUT2D eigenvalue weighted by Crippen LogP contribution is -2.28. The zero-order valence-electron chi connectivity index (χ0n) is 12.3. The Hall–Kier alpha value is -1.29. The van der Waals surface area contributed by atoms with E-state index in [1.807, 2.05) is 4.90 Å². The number of carbonyl (C=O) groups excluding carboxylic acids is 2. The number of rotatable bonds is 4. The first-order valence-corrected chi connectivity index (χ1v) is 7.95. The molecule has 0 radical (unpaired) electrons. The number of likely N-dealkylation sites (tertiary alicyclic amines) is 1. The highest BCUT2D eigenvalue weighted by atomic mass is 32.2. The molecule has 2 atom stereocenters. The van der Waals surface area contributed by atoms with E-state index >= 15 is 0 Å². The summed E-state index contributed by atoms with van der Waals surface area (Å²) in [6.07, 6.45) is 0.566. The fourth-order valence-electron chi connectivity index (χ4n) is 2.55. The Balaban J connectivity index is 2.00. The molecule has 1 aliphatic heterocycles. The molecule has 4 heteroatoms. The van der Waals surface area contributed by atoms with Gasteiger partial charge in [0, 0.05) is 25.6 Å². The van der Waals surface area contributed by atoms with E-state index in [0.717, 1.165) is 12.3 Å². The molecule has 0 N–H and O–H groups in total. The number of benzene rings is 1. The number of nitrogens with zero attached hydrogens (tertiary/aromatic N) is 1. The molecule has 0 aliphatic carbocycles. The number of hydrogen-bond donors (Lipinski definition) is 0. The first-order chi connectivity index (χ1) is 9.47. The topological polar surface area (TPSA) is 37.4 Å². The van der Waals surface area contributed by atoms with Gasteiger partial charge in [-0.2, -0.15) is 0 Å². The van der Waals surface area contributed by atoms with Crippen molar-refractivity contribution in [2.45, 2.75) is 33.2 Å². The van der Waals surface area contributed by atoms with E-state index in [1.165, 1.54) is 22.9 Å². The molecular formula is C16H21NO2S. The molecule has 1 heterocycles. The Morgan fingerprint density at radius 3 is 2.65 bits per heavy atom. The number of aryl methyl sites for hydroxylation is 1. The predicted octanol–water partition coefficient (Wildman–Crippen LogP) is 3.18. The van der Waals surface area contributed by atoms with Crippen LogP contribution in [0.5, 0.6) is 0 Å². The third kappa shape index (κ3) is 3.63. The average molecular weight is 291 g/mol. The molecule has 1 aromatic rings. The summed E-state index contributed by atoms with van der Waals surface area (Å²) in [7, 11) is 0. The zero-order chi connectivity index (χ0) is 14.7. The Labute approximate surface area is 124 Å². The van der Waals surface area contributed by atoms with E-state index in [0.29, 0.717) is 12.3 Å². The molecule has 108 valence electrons. The third-order valence-corrected chi connectivity index (χ3v) is 4.83. The summed E-state index contributed by atoms with van der Waals surface area (Å²) in [5, 5.41) is 0.127. The van der Waals surface area contributed by atoms with Crippen LogP contribution in [0.15, 0.2) is 24.3 Å². The largest absolute Gasteiger partial charge is 0.336 e. The van der Waals surface area contributed by atoms with Crippen LogP contribution in [0.3, 0.4) is 0 Å². The standard InChI is InChI=1S/C16H21NO2S/c1-11-4-6-15(7-5-11)12(2)17-9-14(8-16(17)19)10-20-13(3)18/h4-7,12,14H,8-10H2,1-3H3. The van der Waals surface area contributed by atoms with Gasteiger partial charge in [0.05, 0.1) is 6.04 Å². The number of amides is 1. The van der Waals surface area contributed by atoms with Crippen molar-refractivity contribution in [3.8, 4) is 0 Å². The van der Waals surface area contributed by atoms with Crippen molar-refractivity contribution in [1.82, 2.24) is 4.90 Å². The molecule has 2 unspecified atom stereocenters. The van der Waals surface area contributed by atoms with Crippen molar-refractivity contribution in [3.63, 3.8) is 0 Å². The van der Waals surface area contributed by atoms with E-state index in [9.17, 15) is 9.59 Å². The van der Waals surface area contributed by atoms with Gasteiger partial charge in [-0.3, -0.25) is 9.59 Å². The highest BCUT2D eigenvalue weighted by molar-refractivity contribution is 8.13. The molecular weight excluding hydrogens is 270 g/mol. The fraction of sp³-hybridized carbons (Fsp3) is 0.500. The van der Waals surface area contributed by atoms with Gasteiger partial charge in [0.2, 0.25) is 5.91 Å². The van der Waals surface area contributed by atoms with Crippen LogP contribution in [-0.4, -0.2) is 28.2 Å². The van der Waals surface area contributed by atoms with Gasteiger partial charge >= 0.3 is 0 Å². The Bertz CT molecular complexity index is 498. The second kappa shape index (κ2) is 6.44. The summed E-state index contributed by atoms with van der Waals surface area (Å²) >= 11 is 1.32. The van der Waals surface area contributed by atoms with E-state index in [1.54, 1.807) is 6.92 Å². The minimum absolute atomic E-state index is 0.107. The summed E-state index contributed by atoms with van der Waals surface area (Å²) in [6.45, 7) is 6.47. The summed E-state index contributed by atoms with van der Waals surface area (Å²) in [5.74, 6) is 1.24. The van der Waals surface area contributed by atoms with Crippen molar-refractivity contribution in [2.24, 2.45) is 5.92 Å². The van der Waals surface area contributed by atoms with Crippen molar-refractivity contribution < 1.29 is 9.59 Å². The van der Waals surface area contributed by atoms with E-state index in [-0.39, 0.29) is 17.1 Å². The van der Waals surface area contributed by atoms with Gasteiger partial charge in [0.1, 0.15) is 0 Å². The summed E-state index contributed by atoms with van der Waals surface area (Å²) in [4.78, 5) is 25.1. The van der Waals surface area contributed by atoms with Crippen LogP contribution in [0.25, 0.3) is 0 Å². The lowest BCUT2D eigenvalue weighted by Gasteiger charge is -2.25. The minimum atomic E-state index is 0.107. The van der Waals surface area contributed by atoms with Gasteiger partial charge in [-0.15, -0.1) is 0 Å². The molecule has 3 nitrogen and oxygen atoms in total. The monoisotopic (exact) mass is 291 g/mol. The molecule has 2 rings (SSSR count). The molecule has 1 saturated heterocycles. The molecule has 1 fully saturated rings. The van der Waals surface area contributed by atoms with Crippen LogP contribution in [0.1, 0.15) is 37.4 Å². The molecule has 1 aliphatic rings. The number of carbonyl (C=O) groups is 2.